The Morgan fingerprint density at radius 3 is 2.32 bits per heavy atom. The van der Waals surface area contributed by atoms with Crippen LogP contribution in [-0.2, 0) is 6.54 Å². The third-order valence-corrected chi connectivity index (χ3v) is 6.04. The number of anilines is 1. The van der Waals surface area contributed by atoms with Crippen molar-refractivity contribution in [1.82, 2.24) is 9.80 Å². The SMILES string of the molecule is C[C@@H]1CCCN(Cc2ccc(C(=O)N3CCN(c4ccccc4)CC3)cc2)C1. The molecule has 0 spiro atoms. The summed E-state index contributed by atoms with van der Waals surface area (Å²) in [6, 6.07) is 18.7. The summed E-state index contributed by atoms with van der Waals surface area (Å²) < 4.78 is 0. The van der Waals surface area contributed by atoms with Crippen LogP contribution in [0.25, 0.3) is 0 Å². The van der Waals surface area contributed by atoms with Crippen LogP contribution in [-0.4, -0.2) is 55.0 Å². The number of carbonyl (C=O) groups is 1. The Morgan fingerprint density at radius 2 is 1.64 bits per heavy atom. The van der Waals surface area contributed by atoms with Crippen molar-refractivity contribution in [2.24, 2.45) is 5.92 Å². The van der Waals surface area contributed by atoms with Crippen LogP contribution < -0.4 is 4.90 Å². The number of amides is 1. The molecule has 1 atom stereocenters. The Morgan fingerprint density at radius 1 is 0.929 bits per heavy atom. The molecule has 2 aliphatic heterocycles. The Labute approximate surface area is 168 Å². The van der Waals surface area contributed by atoms with Gasteiger partial charge in [0.05, 0.1) is 0 Å². The minimum Gasteiger partial charge on any atom is -0.368 e. The fraction of sp³-hybridized carbons (Fsp3) is 0.458. The number of nitrogens with zero attached hydrogens (tertiary/aromatic N) is 3. The molecule has 4 nitrogen and oxygen atoms in total. The van der Waals surface area contributed by atoms with Crippen molar-refractivity contribution in [3.8, 4) is 0 Å². The van der Waals surface area contributed by atoms with Crippen LogP contribution in [0.5, 0.6) is 0 Å². The third kappa shape index (κ3) is 4.56. The van der Waals surface area contributed by atoms with Crippen molar-refractivity contribution in [1.29, 1.82) is 0 Å². The van der Waals surface area contributed by atoms with Crippen LogP contribution in [0.1, 0.15) is 35.7 Å². The Balaban J connectivity index is 1.31. The molecule has 2 aromatic carbocycles. The number of hydrogen-bond donors (Lipinski definition) is 0. The molecule has 2 aliphatic rings. The molecule has 0 unspecified atom stereocenters. The second-order valence-electron chi connectivity index (χ2n) is 8.29. The summed E-state index contributed by atoms with van der Waals surface area (Å²) in [6.45, 7) is 9.05. The normalized spacial score (nSPS) is 21.0. The van der Waals surface area contributed by atoms with Gasteiger partial charge in [-0.3, -0.25) is 9.69 Å². The molecule has 0 N–H and O–H groups in total. The number of para-hydroxylation sites is 1. The zero-order valence-electron chi connectivity index (χ0n) is 16.9. The van der Waals surface area contributed by atoms with E-state index in [2.05, 4.69) is 53.1 Å². The summed E-state index contributed by atoms with van der Waals surface area (Å²) in [5.41, 5.74) is 3.36. The van der Waals surface area contributed by atoms with Gasteiger partial charge in [-0.15, -0.1) is 0 Å². The molecule has 0 bridgehead atoms. The first kappa shape index (κ1) is 19.0. The minimum atomic E-state index is 0.158. The molecule has 2 heterocycles. The first-order valence-electron chi connectivity index (χ1n) is 10.6. The van der Waals surface area contributed by atoms with Gasteiger partial charge in [0.25, 0.3) is 5.91 Å². The number of benzene rings is 2. The van der Waals surface area contributed by atoms with E-state index in [4.69, 9.17) is 0 Å². The van der Waals surface area contributed by atoms with E-state index in [1.807, 2.05) is 23.1 Å². The predicted octanol–water partition coefficient (Wildman–Crippen LogP) is 3.88. The Hall–Kier alpha value is -2.33. The molecule has 2 saturated heterocycles. The van der Waals surface area contributed by atoms with Crippen LogP contribution in [0, 0.1) is 5.92 Å². The fourth-order valence-corrected chi connectivity index (χ4v) is 4.43. The molecule has 148 valence electrons. The minimum absolute atomic E-state index is 0.158. The van der Waals surface area contributed by atoms with Gasteiger partial charge in [-0.05, 0) is 55.1 Å². The summed E-state index contributed by atoms with van der Waals surface area (Å²) in [6.07, 6.45) is 2.65. The van der Waals surface area contributed by atoms with Crippen LogP contribution in [0.15, 0.2) is 54.6 Å². The van der Waals surface area contributed by atoms with Crippen molar-refractivity contribution in [3.05, 3.63) is 65.7 Å². The number of likely N-dealkylation sites (tertiary alicyclic amines) is 1. The average Bonchev–Trinajstić information content (AvgIpc) is 2.75. The zero-order chi connectivity index (χ0) is 19.3. The number of carbonyl (C=O) groups excluding carboxylic acids is 1. The van der Waals surface area contributed by atoms with Crippen molar-refractivity contribution in [3.63, 3.8) is 0 Å². The van der Waals surface area contributed by atoms with Crippen LogP contribution in [0.4, 0.5) is 5.69 Å². The third-order valence-electron chi connectivity index (χ3n) is 6.04. The van der Waals surface area contributed by atoms with E-state index >= 15 is 0 Å². The lowest BCUT2D eigenvalue weighted by atomic mass is 9.99. The van der Waals surface area contributed by atoms with Gasteiger partial charge in [-0.25, -0.2) is 0 Å². The summed E-state index contributed by atoms with van der Waals surface area (Å²) >= 11 is 0. The average molecular weight is 378 g/mol. The highest BCUT2D eigenvalue weighted by molar-refractivity contribution is 5.94. The molecule has 0 aromatic heterocycles. The monoisotopic (exact) mass is 377 g/mol. The van der Waals surface area contributed by atoms with Gasteiger partial charge in [0, 0.05) is 50.5 Å². The lowest BCUT2D eigenvalue weighted by molar-refractivity contribution is 0.0747. The molecule has 4 heteroatoms. The van der Waals surface area contributed by atoms with E-state index < -0.39 is 0 Å². The van der Waals surface area contributed by atoms with E-state index in [9.17, 15) is 4.79 Å². The molecule has 1 amide bonds. The van der Waals surface area contributed by atoms with E-state index in [-0.39, 0.29) is 5.91 Å². The molecule has 0 radical (unpaired) electrons. The fourth-order valence-electron chi connectivity index (χ4n) is 4.43. The van der Waals surface area contributed by atoms with Crippen LogP contribution >= 0.6 is 0 Å². The van der Waals surface area contributed by atoms with Gasteiger partial charge in [-0.2, -0.15) is 0 Å². The maximum atomic E-state index is 12.9. The summed E-state index contributed by atoms with van der Waals surface area (Å²) in [7, 11) is 0. The molecule has 4 rings (SSSR count). The van der Waals surface area contributed by atoms with E-state index in [0.29, 0.717) is 0 Å². The van der Waals surface area contributed by atoms with Gasteiger partial charge in [-0.1, -0.05) is 37.3 Å². The molecular formula is C24H31N3O. The second kappa shape index (κ2) is 8.78. The predicted molar refractivity (Wildman–Crippen MR) is 115 cm³/mol. The summed E-state index contributed by atoms with van der Waals surface area (Å²) in [5.74, 6) is 0.954. The van der Waals surface area contributed by atoms with Gasteiger partial charge < -0.3 is 9.80 Å². The lowest BCUT2D eigenvalue weighted by Crippen LogP contribution is -2.48. The van der Waals surface area contributed by atoms with Gasteiger partial charge in [0.1, 0.15) is 0 Å². The van der Waals surface area contributed by atoms with Gasteiger partial charge >= 0.3 is 0 Å². The van der Waals surface area contributed by atoms with Crippen molar-refractivity contribution < 1.29 is 4.79 Å². The highest BCUT2D eigenvalue weighted by Gasteiger charge is 2.22. The number of rotatable bonds is 4. The highest BCUT2D eigenvalue weighted by Crippen LogP contribution is 2.19. The number of piperazine rings is 1. The highest BCUT2D eigenvalue weighted by atomic mass is 16.2. The van der Waals surface area contributed by atoms with E-state index in [1.54, 1.807) is 0 Å². The topological polar surface area (TPSA) is 26.8 Å². The molecule has 2 aromatic rings. The van der Waals surface area contributed by atoms with E-state index in [1.165, 1.54) is 37.2 Å². The Bertz CT molecular complexity index is 766. The smallest absolute Gasteiger partial charge is 0.253 e. The van der Waals surface area contributed by atoms with Crippen LogP contribution in [0.3, 0.4) is 0 Å². The standard InChI is InChI=1S/C24H31N3O/c1-20-6-5-13-25(18-20)19-21-9-11-22(12-10-21)24(28)27-16-14-26(15-17-27)23-7-3-2-4-8-23/h2-4,7-12,20H,5-6,13-19H2,1H3/t20-/m1/s1. The van der Waals surface area contributed by atoms with Crippen LogP contribution in [0.2, 0.25) is 0 Å². The van der Waals surface area contributed by atoms with Crippen molar-refractivity contribution in [2.75, 3.05) is 44.2 Å². The molecular weight excluding hydrogens is 346 g/mol. The Kier molecular flexibility index (Phi) is 5.96. The molecule has 0 aliphatic carbocycles. The maximum absolute atomic E-state index is 12.9. The summed E-state index contributed by atoms with van der Waals surface area (Å²) in [4.78, 5) is 19.8. The molecule has 0 saturated carbocycles. The second-order valence-corrected chi connectivity index (χ2v) is 8.29. The van der Waals surface area contributed by atoms with E-state index in [0.717, 1.165) is 44.2 Å². The van der Waals surface area contributed by atoms with Crippen molar-refractivity contribution in [2.45, 2.75) is 26.3 Å². The molecule has 2 fully saturated rings. The zero-order valence-corrected chi connectivity index (χ0v) is 16.9. The van der Waals surface area contributed by atoms with Gasteiger partial charge in [0.2, 0.25) is 0 Å². The first-order valence-corrected chi connectivity index (χ1v) is 10.6. The number of piperidine rings is 1. The maximum Gasteiger partial charge on any atom is 0.253 e. The first-order chi connectivity index (χ1) is 13.7. The number of hydrogen-bond acceptors (Lipinski definition) is 3. The molecule has 28 heavy (non-hydrogen) atoms. The lowest BCUT2D eigenvalue weighted by Gasteiger charge is -2.36. The van der Waals surface area contributed by atoms with Crippen molar-refractivity contribution >= 4 is 11.6 Å². The largest absolute Gasteiger partial charge is 0.368 e. The summed E-state index contributed by atoms with van der Waals surface area (Å²) in [5, 5.41) is 0. The van der Waals surface area contributed by atoms with Gasteiger partial charge in [0.15, 0.2) is 0 Å². The quantitative estimate of drug-likeness (QED) is 0.809.